The Morgan fingerprint density at radius 1 is 0.884 bits per heavy atom. The zero-order valence-electron chi connectivity index (χ0n) is 24.0. The summed E-state index contributed by atoms with van der Waals surface area (Å²) in [4.78, 5) is 32.7. The van der Waals surface area contributed by atoms with E-state index in [4.69, 9.17) is 23.0 Å². The largest absolute Gasteiger partial charge is 0.646 e. The van der Waals surface area contributed by atoms with E-state index in [0.717, 1.165) is 0 Å². The number of amides is 1. The number of carbonyl (C=O) groups excluding carboxylic acids is 2. The molecule has 1 fully saturated rings. The summed E-state index contributed by atoms with van der Waals surface area (Å²) in [6, 6.07) is 25.2. The number of ether oxygens (including phenoxy) is 2. The second kappa shape index (κ2) is 12.6. The molecular weight excluding hydrogens is 591 g/mol. The van der Waals surface area contributed by atoms with Crippen molar-refractivity contribution in [2.45, 2.75) is 44.7 Å². The maximum Gasteiger partial charge on any atom is 0.646 e. The predicted molar refractivity (Wildman–Crippen MR) is 163 cm³/mol. The number of rotatable bonds is 11. The summed E-state index contributed by atoms with van der Waals surface area (Å²) in [5.74, 6) is -0.339. The van der Waals surface area contributed by atoms with E-state index in [0.29, 0.717) is 10.8 Å². The van der Waals surface area contributed by atoms with Crippen molar-refractivity contribution in [1.29, 1.82) is 0 Å². The molecule has 2 atom stereocenters. The van der Waals surface area contributed by atoms with Crippen molar-refractivity contribution in [2.24, 2.45) is 4.99 Å². The Hall–Kier alpha value is -4.21. The molecule has 5 rings (SSSR count). The molecule has 1 saturated heterocycles. The minimum Gasteiger partial charge on any atom is -0.487 e. The lowest BCUT2D eigenvalue weighted by Gasteiger charge is -2.42. The van der Waals surface area contributed by atoms with Gasteiger partial charge in [-0.1, -0.05) is 66.4 Å². The lowest BCUT2D eigenvalue weighted by atomic mass is 10.1. The van der Waals surface area contributed by atoms with Crippen molar-refractivity contribution >= 4 is 36.5 Å². The zero-order valence-corrected chi connectivity index (χ0v) is 25.7. The highest BCUT2D eigenvalue weighted by molar-refractivity contribution is 8.15. The quantitative estimate of drug-likeness (QED) is 0.0767. The lowest BCUT2D eigenvalue weighted by molar-refractivity contribution is -0.158. The summed E-state index contributed by atoms with van der Waals surface area (Å²) >= 11 is 1.30. The number of esters is 1. The number of nitrogens with zero attached hydrogens (tertiary/aromatic N) is 2. The molecule has 3 aromatic carbocycles. The van der Waals surface area contributed by atoms with Crippen LogP contribution in [0.15, 0.2) is 107 Å². The van der Waals surface area contributed by atoms with Crippen LogP contribution in [0, 0.1) is 0 Å². The lowest BCUT2D eigenvalue weighted by Crippen LogP contribution is -2.61. The zero-order chi connectivity index (χ0) is 30.6. The summed E-state index contributed by atoms with van der Waals surface area (Å²) in [6.07, 6.45) is 0. The first-order valence-electron chi connectivity index (χ1n) is 13.5. The van der Waals surface area contributed by atoms with E-state index in [1.165, 1.54) is 23.6 Å². The van der Waals surface area contributed by atoms with Crippen molar-refractivity contribution in [3.63, 3.8) is 0 Å². The Morgan fingerprint density at radius 2 is 1.40 bits per heavy atom. The average molecular weight is 623 g/mol. The Morgan fingerprint density at radius 3 is 1.91 bits per heavy atom. The Bertz CT molecular complexity index is 1530. The van der Waals surface area contributed by atoms with E-state index in [1.54, 1.807) is 81.4 Å². The number of allylic oxidation sites excluding steroid dienone is 1. The number of hydrogen-bond donors (Lipinski definition) is 0. The van der Waals surface area contributed by atoms with Gasteiger partial charge in [-0.3, -0.25) is 14.7 Å². The second-order valence-electron chi connectivity index (χ2n) is 10.5. The monoisotopic (exact) mass is 622 g/mol. The molecule has 2 heterocycles. The van der Waals surface area contributed by atoms with E-state index in [1.807, 2.05) is 30.3 Å². The van der Waals surface area contributed by atoms with Crippen LogP contribution < -0.4 is 13.8 Å². The molecule has 3 aromatic rings. The summed E-state index contributed by atoms with van der Waals surface area (Å²) in [7, 11) is -4.45. The Kier molecular flexibility index (Phi) is 8.84. The van der Waals surface area contributed by atoms with E-state index >= 15 is 0 Å². The van der Waals surface area contributed by atoms with Crippen LogP contribution in [0.3, 0.4) is 0 Å². The van der Waals surface area contributed by atoms with Crippen molar-refractivity contribution in [3.8, 4) is 17.2 Å². The van der Waals surface area contributed by atoms with Gasteiger partial charge in [0.25, 0.3) is 5.91 Å². The van der Waals surface area contributed by atoms with Crippen molar-refractivity contribution in [3.05, 3.63) is 102 Å². The topological polar surface area (TPSA) is 113 Å². The highest BCUT2D eigenvalue weighted by Crippen LogP contribution is 2.52. The number of benzene rings is 3. The number of likely N-dealkylation sites (tertiary alicyclic amines) is 1. The van der Waals surface area contributed by atoms with Gasteiger partial charge in [0, 0.05) is 0 Å². The molecule has 12 heteroatoms. The van der Waals surface area contributed by atoms with E-state index in [-0.39, 0.29) is 29.6 Å². The number of β-lactam (4-membered cyclic amide) rings is 1. The summed E-state index contributed by atoms with van der Waals surface area (Å²) in [6.45, 7) is 6.68. The fourth-order valence-corrected chi connectivity index (χ4v) is 6.70. The first kappa shape index (κ1) is 30.3. The third-order valence-corrected chi connectivity index (χ3v) is 8.57. The SMILES string of the molecule is CC(OP(=O)(Oc1ccccc1)Oc1ccccc1)=C(C(=O)OC(C)(C)C)N1C(=O)C2N=C(COc3ccccc3)SC21. The number of hydrogen-bond acceptors (Lipinski definition) is 10. The molecule has 0 spiro atoms. The Labute approximate surface area is 254 Å². The highest BCUT2D eigenvalue weighted by atomic mass is 32.2. The number of thioether (sulfide) groups is 1. The van der Waals surface area contributed by atoms with Gasteiger partial charge in [0.1, 0.15) is 45.6 Å². The molecule has 0 N–H and O–H groups in total. The van der Waals surface area contributed by atoms with Gasteiger partial charge in [0.2, 0.25) is 0 Å². The minimum absolute atomic E-state index is 0.162. The molecular formula is C31H31N2O8PS. The molecule has 43 heavy (non-hydrogen) atoms. The third-order valence-electron chi connectivity index (χ3n) is 6.00. The van der Waals surface area contributed by atoms with Crippen molar-refractivity contribution in [2.75, 3.05) is 6.61 Å². The summed E-state index contributed by atoms with van der Waals surface area (Å²) in [5.41, 5.74) is -1.11. The molecule has 0 saturated carbocycles. The van der Waals surface area contributed by atoms with Gasteiger partial charge in [0.05, 0.1) is 0 Å². The highest BCUT2D eigenvalue weighted by Gasteiger charge is 2.56. The van der Waals surface area contributed by atoms with Gasteiger partial charge >= 0.3 is 13.8 Å². The number of para-hydroxylation sites is 3. The standard InChI is InChI=1S/C31H31N2O8PS/c1-21(39-42(36,40-23-16-10-6-11-17-23)41-24-18-12-7-13-19-24)27(30(35)38-31(2,3)4)33-28(34)26-29(33)43-25(32-26)20-37-22-14-8-5-9-15-22/h5-19,26,29H,20H2,1-4H3. The van der Waals surface area contributed by atoms with E-state index in [2.05, 4.69) is 4.99 Å². The molecule has 0 aliphatic carbocycles. The summed E-state index contributed by atoms with van der Waals surface area (Å²) < 4.78 is 42.8. The number of aliphatic imine (C=N–C) groups is 1. The molecule has 10 nitrogen and oxygen atoms in total. The molecule has 0 radical (unpaired) electrons. The Balaban J connectivity index is 1.43. The van der Waals surface area contributed by atoms with Crippen LogP contribution in [0.25, 0.3) is 0 Å². The normalized spacial score (nSPS) is 18.5. The minimum atomic E-state index is -4.45. The smallest absolute Gasteiger partial charge is 0.487 e. The second-order valence-corrected chi connectivity index (χ2v) is 13.2. The third kappa shape index (κ3) is 7.42. The fraction of sp³-hybridized carbons (Fsp3) is 0.258. The maximum atomic E-state index is 14.1. The molecule has 0 aromatic heterocycles. The van der Waals surface area contributed by atoms with Crippen LogP contribution in [-0.2, 0) is 23.4 Å². The van der Waals surface area contributed by atoms with Crippen LogP contribution in [0.1, 0.15) is 27.7 Å². The van der Waals surface area contributed by atoms with E-state index in [9.17, 15) is 14.2 Å². The molecule has 1 amide bonds. The van der Waals surface area contributed by atoms with Gasteiger partial charge in [-0.15, -0.1) is 0 Å². The van der Waals surface area contributed by atoms with Crippen LogP contribution in [0.5, 0.6) is 17.2 Å². The maximum absolute atomic E-state index is 14.1. The first-order valence-corrected chi connectivity index (χ1v) is 15.8. The van der Waals surface area contributed by atoms with Gasteiger partial charge in [-0.05, 0) is 64.1 Å². The van der Waals surface area contributed by atoms with Gasteiger partial charge in [0.15, 0.2) is 11.7 Å². The molecule has 0 bridgehead atoms. The molecule has 2 aliphatic heterocycles. The van der Waals surface area contributed by atoms with Crippen LogP contribution >= 0.6 is 19.6 Å². The van der Waals surface area contributed by atoms with E-state index < -0.39 is 36.7 Å². The fourth-order valence-electron chi connectivity index (χ4n) is 4.21. The molecule has 2 unspecified atom stereocenters. The number of fused-ring (bicyclic) bond motifs is 1. The summed E-state index contributed by atoms with van der Waals surface area (Å²) in [5, 5.41) is 0.0507. The van der Waals surface area contributed by atoms with Gasteiger partial charge < -0.3 is 23.0 Å². The van der Waals surface area contributed by atoms with Crippen molar-refractivity contribution in [1.82, 2.24) is 4.90 Å². The van der Waals surface area contributed by atoms with Crippen LogP contribution in [0.2, 0.25) is 0 Å². The number of phosphoric ester groups is 1. The van der Waals surface area contributed by atoms with Gasteiger partial charge in [-0.2, -0.15) is 4.57 Å². The molecule has 2 aliphatic rings. The predicted octanol–water partition coefficient (Wildman–Crippen LogP) is 6.60. The average Bonchev–Trinajstić information content (AvgIpc) is 3.34. The first-order chi connectivity index (χ1) is 20.5. The van der Waals surface area contributed by atoms with Crippen LogP contribution in [0.4, 0.5) is 0 Å². The van der Waals surface area contributed by atoms with Crippen LogP contribution in [-0.4, -0.2) is 45.4 Å². The molecule has 224 valence electrons. The number of phosphoric acid groups is 1. The van der Waals surface area contributed by atoms with Gasteiger partial charge in [-0.25, -0.2) is 4.79 Å². The van der Waals surface area contributed by atoms with Crippen molar-refractivity contribution < 1.29 is 37.2 Å². The number of carbonyl (C=O) groups is 2.